The van der Waals surface area contributed by atoms with Crippen LogP contribution in [0.4, 0.5) is 0 Å². The number of allylic oxidation sites excluding steroid dienone is 1. The summed E-state index contributed by atoms with van der Waals surface area (Å²) in [5.41, 5.74) is 7.79. The number of hydrogen-bond acceptors (Lipinski definition) is 2. The molecule has 0 spiro atoms. The van der Waals surface area contributed by atoms with Crippen LogP contribution in [0.15, 0.2) is 54.6 Å². The summed E-state index contributed by atoms with van der Waals surface area (Å²) >= 11 is 6.05. The van der Waals surface area contributed by atoms with Crippen LogP contribution in [0.1, 0.15) is 12.5 Å². The molecule has 2 nitrogen and oxygen atoms in total. The molecule has 0 aliphatic carbocycles. The average Bonchev–Trinajstić information content (AvgIpc) is 2.42. The molecule has 2 aromatic rings. The Bertz CT molecular complexity index is 576. The summed E-state index contributed by atoms with van der Waals surface area (Å²) < 4.78 is 5.73. The van der Waals surface area contributed by atoms with E-state index in [2.05, 4.69) is 0 Å². The van der Waals surface area contributed by atoms with Crippen molar-refractivity contribution in [3.63, 3.8) is 0 Å². The van der Waals surface area contributed by atoms with Crippen molar-refractivity contribution >= 4 is 17.2 Å². The molecule has 19 heavy (non-hydrogen) atoms. The lowest BCUT2D eigenvalue weighted by molar-refractivity contribution is 0.483. The number of benzene rings is 2. The quantitative estimate of drug-likeness (QED) is 0.890. The van der Waals surface area contributed by atoms with Crippen LogP contribution in [-0.2, 0) is 0 Å². The van der Waals surface area contributed by atoms with E-state index < -0.39 is 0 Å². The SMILES string of the molecule is CC(=CCN)c1ccc(Oc2ccccc2Cl)cc1. The van der Waals surface area contributed by atoms with E-state index in [0.717, 1.165) is 16.9 Å². The van der Waals surface area contributed by atoms with Crippen LogP contribution >= 0.6 is 11.6 Å². The molecule has 0 fully saturated rings. The first-order valence-corrected chi connectivity index (χ1v) is 6.48. The Morgan fingerprint density at radius 1 is 1.16 bits per heavy atom. The van der Waals surface area contributed by atoms with Gasteiger partial charge in [0.2, 0.25) is 0 Å². The highest BCUT2D eigenvalue weighted by molar-refractivity contribution is 6.32. The zero-order valence-electron chi connectivity index (χ0n) is 10.8. The Morgan fingerprint density at radius 2 is 1.84 bits per heavy atom. The molecule has 0 amide bonds. The van der Waals surface area contributed by atoms with Gasteiger partial charge in [0, 0.05) is 6.54 Å². The normalized spacial score (nSPS) is 11.4. The van der Waals surface area contributed by atoms with Crippen molar-refractivity contribution in [3.05, 3.63) is 65.2 Å². The molecule has 0 bridgehead atoms. The molecule has 98 valence electrons. The zero-order valence-corrected chi connectivity index (χ0v) is 11.5. The van der Waals surface area contributed by atoms with Crippen LogP contribution in [0.25, 0.3) is 5.57 Å². The largest absolute Gasteiger partial charge is 0.456 e. The third-order valence-corrected chi connectivity index (χ3v) is 3.11. The molecule has 0 aliphatic rings. The van der Waals surface area contributed by atoms with Crippen molar-refractivity contribution in [2.24, 2.45) is 5.73 Å². The number of nitrogens with two attached hydrogens (primary N) is 1. The first-order chi connectivity index (χ1) is 9.20. The summed E-state index contributed by atoms with van der Waals surface area (Å²) in [6, 6.07) is 15.3. The van der Waals surface area contributed by atoms with Crippen LogP contribution in [0.5, 0.6) is 11.5 Å². The van der Waals surface area contributed by atoms with Crippen LogP contribution in [-0.4, -0.2) is 6.54 Å². The first-order valence-electron chi connectivity index (χ1n) is 6.10. The number of ether oxygens (including phenoxy) is 1. The second-order valence-electron chi connectivity index (χ2n) is 4.18. The van der Waals surface area contributed by atoms with E-state index in [1.807, 2.05) is 55.5 Å². The van der Waals surface area contributed by atoms with Crippen molar-refractivity contribution in [1.82, 2.24) is 0 Å². The Hall–Kier alpha value is -1.77. The highest BCUT2D eigenvalue weighted by Crippen LogP contribution is 2.29. The predicted molar refractivity (Wildman–Crippen MR) is 80.7 cm³/mol. The molecular formula is C16H16ClNO. The van der Waals surface area contributed by atoms with Gasteiger partial charge < -0.3 is 10.5 Å². The molecule has 3 heteroatoms. The number of halogens is 1. The molecule has 0 atom stereocenters. The van der Waals surface area contributed by atoms with Gasteiger partial charge in [0.25, 0.3) is 0 Å². The van der Waals surface area contributed by atoms with Gasteiger partial charge in [-0.3, -0.25) is 0 Å². The minimum Gasteiger partial charge on any atom is -0.456 e. The Balaban J connectivity index is 2.16. The molecule has 0 aromatic heterocycles. The van der Waals surface area contributed by atoms with Crippen LogP contribution in [0.3, 0.4) is 0 Å². The van der Waals surface area contributed by atoms with E-state index in [-0.39, 0.29) is 0 Å². The summed E-state index contributed by atoms with van der Waals surface area (Å²) in [5, 5.41) is 0.603. The monoisotopic (exact) mass is 273 g/mol. The molecule has 0 heterocycles. The van der Waals surface area contributed by atoms with Gasteiger partial charge in [0.1, 0.15) is 11.5 Å². The summed E-state index contributed by atoms with van der Waals surface area (Å²) in [6.07, 6.45) is 1.99. The Morgan fingerprint density at radius 3 is 2.47 bits per heavy atom. The second kappa shape index (κ2) is 6.41. The van der Waals surface area contributed by atoms with Gasteiger partial charge in [-0.15, -0.1) is 0 Å². The third kappa shape index (κ3) is 3.60. The summed E-state index contributed by atoms with van der Waals surface area (Å²) in [4.78, 5) is 0. The lowest BCUT2D eigenvalue weighted by Crippen LogP contribution is -1.94. The van der Waals surface area contributed by atoms with Gasteiger partial charge in [-0.1, -0.05) is 41.9 Å². The predicted octanol–water partition coefficient (Wildman–Crippen LogP) is 4.49. The number of hydrogen-bond donors (Lipinski definition) is 1. The molecule has 0 saturated carbocycles. The summed E-state index contributed by atoms with van der Waals surface area (Å²) in [6.45, 7) is 2.58. The molecule has 0 radical (unpaired) electrons. The highest BCUT2D eigenvalue weighted by Gasteiger charge is 2.02. The maximum absolute atomic E-state index is 6.05. The van der Waals surface area contributed by atoms with Crippen molar-refractivity contribution in [2.75, 3.05) is 6.54 Å². The van der Waals surface area contributed by atoms with E-state index in [1.54, 1.807) is 6.07 Å². The lowest BCUT2D eigenvalue weighted by Gasteiger charge is -2.08. The summed E-state index contributed by atoms with van der Waals surface area (Å²) in [5.74, 6) is 1.42. The lowest BCUT2D eigenvalue weighted by atomic mass is 10.1. The molecular weight excluding hydrogens is 258 g/mol. The summed E-state index contributed by atoms with van der Waals surface area (Å²) in [7, 11) is 0. The minimum atomic E-state index is 0.545. The van der Waals surface area contributed by atoms with E-state index in [1.165, 1.54) is 0 Å². The Kier molecular flexibility index (Phi) is 4.61. The highest BCUT2D eigenvalue weighted by atomic mass is 35.5. The van der Waals surface area contributed by atoms with Gasteiger partial charge >= 0.3 is 0 Å². The Labute approximate surface area is 118 Å². The fourth-order valence-corrected chi connectivity index (χ4v) is 1.91. The molecule has 0 aliphatic heterocycles. The van der Waals surface area contributed by atoms with E-state index in [0.29, 0.717) is 17.3 Å². The van der Waals surface area contributed by atoms with E-state index in [4.69, 9.17) is 22.1 Å². The third-order valence-electron chi connectivity index (χ3n) is 2.80. The van der Waals surface area contributed by atoms with Gasteiger partial charge in [0.05, 0.1) is 5.02 Å². The fourth-order valence-electron chi connectivity index (χ4n) is 1.73. The van der Waals surface area contributed by atoms with E-state index in [9.17, 15) is 0 Å². The van der Waals surface area contributed by atoms with E-state index >= 15 is 0 Å². The van der Waals surface area contributed by atoms with Crippen LogP contribution in [0, 0.1) is 0 Å². The standard InChI is InChI=1S/C16H16ClNO/c1-12(10-11-18)13-6-8-14(9-7-13)19-16-5-3-2-4-15(16)17/h2-10H,11,18H2,1H3. The van der Waals surface area contributed by atoms with Crippen LogP contribution < -0.4 is 10.5 Å². The molecule has 0 saturated heterocycles. The average molecular weight is 274 g/mol. The van der Waals surface area contributed by atoms with Gasteiger partial charge in [0.15, 0.2) is 0 Å². The zero-order chi connectivity index (χ0) is 13.7. The van der Waals surface area contributed by atoms with Crippen molar-refractivity contribution in [2.45, 2.75) is 6.92 Å². The van der Waals surface area contributed by atoms with Crippen molar-refractivity contribution in [3.8, 4) is 11.5 Å². The van der Waals surface area contributed by atoms with Crippen molar-refractivity contribution in [1.29, 1.82) is 0 Å². The van der Waals surface area contributed by atoms with Crippen LogP contribution in [0.2, 0.25) is 5.02 Å². The minimum absolute atomic E-state index is 0.545. The van der Waals surface area contributed by atoms with Crippen molar-refractivity contribution < 1.29 is 4.74 Å². The molecule has 2 N–H and O–H groups in total. The maximum atomic E-state index is 6.05. The second-order valence-corrected chi connectivity index (χ2v) is 4.59. The molecule has 2 rings (SSSR count). The smallest absolute Gasteiger partial charge is 0.146 e. The molecule has 2 aromatic carbocycles. The number of rotatable bonds is 4. The van der Waals surface area contributed by atoms with Gasteiger partial charge in [-0.25, -0.2) is 0 Å². The fraction of sp³-hybridized carbons (Fsp3) is 0.125. The maximum Gasteiger partial charge on any atom is 0.146 e. The first kappa shape index (κ1) is 13.7. The molecule has 0 unspecified atom stereocenters. The van der Waals surface area contributed by atoms with Gasteiger partial charge in [-0.05, 0) is 42.3 Å². The van der Waals surface area contributed by atoms with Gasteiger partial charge in [-0.2, -0.15) is 0 Å². The number of para-hydroxylation sites is 1. The topological polar surface area (TPSA) is 35.2 Å².